The molecule has 0 aliphatic heterocycles. The van der Waals surface area contributed by atoms with Crippen LogP contribution in [0.5, 0.6) is 11.5 Å². The molecule has 0 aliphatic rings. The van der Waals surface area contributed by atoms with Gasteiger partial charge in [-0.2, -0.15) is 0 Å². The van der Waals surface area contributed by atoms with E-state index in [1.54, 1.807) is 36.4 Å². The molecule has 7 heteroatoms. The maximum Gasteiger partial charge on any atom is 0.262 e. The lowest BCUT2D eigenvalue weighted by Crippen LogP contribution is -2.17. The predicted molar refractivity (Wildman–Crippen MR) is 137 cm³/mol. The van der Waals surface area contributed by atoms with E-state index in [4.69, 9.17) is 10.5 Å². The van der Waals surface area contributed by atoms with Gasteiger partial charge in [0.15, 0.2) is 0 Å². The Balaban J connectivity index is 1.87. The van der Waals surface area contributed by atoms with Crippen LogP contribution in [0.1, 0.15) is 37.5 Å². The first kappa shape index (κ1) is 25.6. The van der Waals surface area contributed by atoms with Crippen LogP contribution in [0.2, 0.25) is 0 Å². The first-order valence-corrected chi connectivity index (χ1v) is 13.0. The fourth-order valence-corrected chi connectivity index (χ4v) is 5.04. The summed E-state index contributed by atoms with van der Waals surface area (Å²) in [5.74, 6) is 0.949. The number of aromatic hydroxyl groups is 1. The Kier molecular flexibility index (Phi) is 8.58. The van der Waals surface area contributed by atoms with Gasteiger partial charge in [0.05, 0.1) is 10.6 Å². The fourth-order valence-electron chi connectivity index (χ4n) is 3.74. The third-order valence-electron chi connectivity index (χ3n) is 5.53. The second kappa shape index (κ2) is 11.4. The van der Waals surface area contributed by atoms with E-state index < -0.39 is 10.0 Å². The maximum atomic E-state index is 13.4. The van der Waals surface area contributed by atoms with E-state index >= 15 is 0 Å². The molecule has 0 heterocycles. The summed E-state index contributed by atoms with van der Waals surface area (Å²) in [6.07, 6.45) is 1.13. The van der Waals surface area contributed by atoms with Crippen LogP contribution in [0, 0.1) is 11.8 Å². The Morgan fingerprint density at radius 2 is 1.68 bits per heavy atom. The third-order valence-corrected chi connectivity index (χ3v) is 7.00. The van der Waals surface area contributed by atoms with Crippen molar-refractivity contribution >= 4 is 15.7 Å². The number of hydrogen-bond donors (Lipinski definition) is 3. The number of rotatable bonds is 11. The number of para-hydroxylation sites is 1. The molecule has 0 fully saturated rings. The normalized spacial score (nSPS) is 12.5. The average molecular weight is 483 g/mol. The minimum absolute atomic E-state index is 0.0698. The number of nitrogens with one attached hydrogen (secondary N) is 1. The van der Waals surface area contributed by atoms with Gasteiger partial charge in [-0.3, -0.25) is 4.72 Å². The lowest BCUT2D eigenvalue weighted by atomic mass is 10.00. The molecular formula is C27H34N2O4S. The molecule has 34 heavy (non-hydrogen) atoms. The number of anilines is 1. The van der Waals surface area contributed by atoms with E-state index in [-0.39, 0.29) is 28.2 Å². The van der Waals surface area contributed by atoms with Gasteiger partial charge in [0, 0.05) is 0 Å². The van der Waals surface area contributed by atoms with Crippen LogP contribution in [-0.2, 0) is 29.5 Å². The van der Waals surface area contributed by atoms with Crippen LogP contribution in [0.4, 0.5) is 5.69 Å². The van der Waals surface area contributed by atoms with Gasteiger partial charge >= 0.3 is 0 Å². The highest BCUT2D eigenvalue weighted by atomic mass is 32.2. The van der Waals surface area contributed by atoms with Crippen molar-refractivity contribution in [2.45, 2.75) is 45.1 Å². The van der Waals surface area contributed by atoms with Crippen LogP contribution in [0.3, 0.4) is 0 Å². The average Bonchev–Trinajstić information content (AvgIpc) is 2.80. The summed E-state index contributed by atoms with van der Waals surface area (Å²) >= 11 is 0. The first-order chi connectivity index (χ1) is 16.2. The van der Waals surface area contributed by atoms with Crippen molar-refractivity contribution in [2.75, 3.05) is 11.3 Å². The topological polar surface area (TPSA) is 102 Å². The van der Waals surface area contributed by atoms with Gasteiger partial charge in [-0.25, -0.2) is 8.42 Å². The summed E-state index contributed by atoms with van der Waals surface area (Å²) in [7, 11) is -3.94. The van der Waals surface area contributed by atoms with Crippen molar-refractivity contribution in [1.82, 2.24) is 0 Å². The van der Waals surface area contributed by atoms with E-state index in [0.717, 1.165) is 5.56 Å². The van der Waals surface area contributed by atoms with Crippen LogP contribution in [-0.4, -0.2) is 20.1 Å². The lowest BCUT2D eigenvalue weighted by Gasteiger charge is -2.17. The van der Waals surface area contributed by atoms with Gasteiger partial charge in [-0.1, -0.05) is 63.2 Å². The monoisotopic (exact) mass is 482 g/mol. The molecule has 0 spiro atoms. The molecule has 3 aromatic carbocycles. The zero-order valence-electron chi connectivity index (χ0n) is 20.0. The van der Waals surface area contributed by atoms with Crippen molar-refractivity contribution < 1.29 is 18.3 Å². The highest BCUT2D eigenvalue weighted by Crippen LogP contribution is 2.33. The minimum atomic E-state index is -3.94. The van der Waals surface area contributed by atoms with Gasteiger partial charge in [-0.05, 0) is 72.2 Å². The number of hydrogen-bond acceptors (Lipinski definition) is 5. The van der Waals surface area contributed by atoms with Gasteiger partial charge in [0.2, 0.25) is 0 Å². The van der Waals surface area contributed by atoms with E-state index in [9.17, 15) is 13.5 Å². The van der Waals surface area contributed by atoms with Gasteiger partial charge in [0.25, 0.3) is 10.0 Å². The first-order valence-electron chi connectivity index (χ1n) is 11.5. The number of phenolic OH excluding ortho intramolecular Hbond substituents is 1. The zero-order valence-corrected chi connectivity index (χ0v) is 20.8. The molecule has 4 N–H and O–H groups in total. The van der Waals surface area contributed by atoms with Crippen molar-refractivity contribution in [3.05, 3.63) is 83.4 Å². The quantitative estimate of drug-likeness (QED) is 0.330. The molecule has 0 aromatic heterocycles. The van der Waals surface area contributed by atoms with Crippen molar-refractivity contribution in [3.63, 3.8) is 0 Å². The Hall–Kier alpha value is -3.03. The number of phenols is 1. The van der Waals surface area contributed by atoms with Gasteiger partial charge in [-0.15, -0.1) is 0 Å². The van der Waals surface area contributed by atoms with Crippen LogP contribution < -0.4 is 15.2 Å². The molecule has 0 amide bonds. The summed E-state index contributed by atoms with van der Waals surface area (Å²) in [5.41, 5.74) is 8.22. The molecule has 0 bridgehead atoms. The van der Waals surface area contributed by atoms with E-state index in [1.807, 2.05) is 51.1 Å². The molecule has 182 valence electrons. The molecule has 3 rings (SSSR count). The second-order valence-electron chi connectivity index (χ2n) is 9.11. The van der Waals surface area contributed by atoms with Crippen molar-refractivity contribution in [1.29, 1.82) is 0 Å². The zero-order chi connectivity index (χ0) is 24.7. The molecule has 0 saturated heterocycles. The smallest absolute Gasteiger partial charge is 0.262 e. The third kappa shape index (κ3) is 6.74. The fraction of sp³-hybridized carbons (Fsp3) is 0.333. The molecule has 0 radical (unpaired) electrons. The molecule has 0 saturated carbocycles. The van der Waals surface area contributed by atoms with E-state index in [0.29, 0.717) is 42.9 Å². The van der Waals surface area contributed by atoms with Crippen LogP contribution in [0.25, 0.3) is 0 Å². The Morgan fingerprint density at radius 3 is 2.35 bits per heavy atom. The Labute approximate surface area is 202 Å². The molecular weight excluding hydrogens is 448 g/mol. The number of nitrogens with two attached hydrogens (primary N) is 1. The predicted octanol–water partition coefficient (Wildman–Crippen LogP) is 5.11. The number of sulfonamides is 1. The number of benzene rings is 3. The summed E-state index contributed by atoms with van der Waals surface area (Å²) in [5, 5.41) is 10.7. The SMILES string of the molecule is CC(C)Cc1cc(OCc2ccccc2)ccc1S(=O)(=O)Nc1cccc(C[C@@H](C)CN)c1O. The molecule has 1 atom stereocenters. The van der Waals surface area contributed by atoms with Gasteiger partial charge in [0.1, 0.15) is 18.1 Å². The molecule has 3 aromatic rings. The van der Waals surface area contributed by atoms with E-state index in [2.05, 4.69) is 4.72 Å². The van der Waals surface area contributed by atoms with Gasteiger partial charge < -0.3 is 15.6 Å². The summed E-state index contributed by atoms with van der Waals surface area (Å²) in [4.78, 5) is 0.174. The summed E-state index contributed by atoms with van der Waals surface area (Å²) < 4.78 is 35.2. The van der Waals surface area contributed by atoms with Crippen molar-refractivity contribution in [3.8, 4) is 11.5 Å². The van der Waals surface area contributed by atoms with E-state index in [1.165, 1.54) is 0 Å². The largest absolute Gasteiger partial charge is 0.505 e. The second-order valence-corrected chi connectivity index (χ2v) is 10.8. The van der Waals surface area contributed by atoms with Crippen LogP contribution in [0.15, 0.2) is 71.6 Å². The summed E-state index contributed by atoms with van der Waals surface area (Å²) in [6, 6.07) is 19.9. The maximum absolute atomic E-state index is 13.4. The number of ether oxygens (including phenoxy) is 1. The molecule has 0 aliphatic carbocycles. The molecule has 6 nitrogen and oxygen atoms in total. The minimum Gasteiger partial charge on any atom is -0.505 e. The molecule has 0 unspecified atom stereocenters. The summed E-state index contributed by atoms with van der Waals surface area (Å²) in [6.45, 7) is 6.93. The Bertz CT molecular complexity index is 1190. The van der Waals surface area contributed by atoms with Crippen LogP contribution >= 0.6 is 0 Å². The Morgan fingerprint density at radius 1 is 0.941 bits per heavy atom. The lowest BCUT2D eigenvalue weighted by molar-refractivity contribution is 0.305. The van der Waals surface area contributed by atoms with Crippen molar-refractivity contribution in [2.24, 2.45) is 17.6 Å². The highest BCUT2D eigenvalue weighted by molar-refractivity contribution is 7.92. The standard InChI is InChI=1S/C27H34N2O4S/c1-19(2)14-23-16-24(33-18-21-8-5-4-6-9-21)12-13-26(23)34(31,32)29-25-11-7-10-22(27(25)30)15-20(3)17-28/h4-13,16,19-20,29-30H,14-15,17-18,28H2,1-3H3/t20-/m1/s1. The highest BCUT2D eigenvalue weighted by Gasteiger charge is 2.22.